The lowest BCUT2D eigenvalue weighted by atomic mass is 9.76. The first kappa shape index (κ1) is 30.1. The third-order valence-corrected chi connectivity index (χ3v) is 9.21. The second-order valence-electron chi connectivity index (χ2n) is 13.1. The van der Waals surface area contributed by atoms with Crippen molar-refractivity contribution in [2.24, 2.45) is 17.3 Å². The first-order chi connectivity index (χ1) is 20.2. The fourth-order valence-corrected chi connectivity index (χ4v) is 6.78. The minimum absolute atomic E-state index is 0.0575. The highest BCUT2D eigenvalue weighted by atomic mass is 16.5. The number of hydrogen-bond acceptors (Lipinski definition) is 5. The lowest BCUT2D eigenvalue weighted by Gasteiger charge is -2.42. The van der Waals surface area contributed by atoms with E-state index in [1.165, 1.54) is 16.8 Å². The lowest BCUT2D eigenvalue weighted by molar-refractivity contribution is -0.140. The van der Waals surface area contributed by atoms with Gasteiger partial charge in [-0.25, -0.2) is 5.43 Å². The summed E-state index contributed by atoms with van der Waals surface area (Å²) in [6.07, 6.45) is 8.24. The Morgan fingerprint density at radius 1 is 1.02 bits per heavy atom. The number of amides is 1. The van der Waals surface area contributed by atoms with Crippen LogP contribution >= 0.6 is 0 Å². The number of nitrogens with zero attached hydrogens (tertiary/aromatic N) is 3. The maximum Gasteiger partial charge on any atom is 0.227 e. The molecule has 42 heavy (non-hydrogen) atoms. The van der Waals surface area contributed by atoms with Crippen molar-refractivity contribution in [2.75, 3.05) is 51.8 Å². The normalized spacial score (nSPS) is 18.8. The molecule has 2 fully saturated rings. The monoisotopic (exact) mass is 570 g/mol. The number of methoxy groups -OCH3 is 1. The number of rotatable bonds is 9. The van der Waals surface area contributed by atoms with Crippen LogP contribution in [0.25, 0.3) is 5.57 Å². The van der Waals surface area contributed by atoms with Crippen molar-refractivity contribution in [3.05, 3.63) is 72.2 Å². The Hall–Kier alpha value is -3.32. The summed E-state index contributed by atoms with van der Waals surface area (Å²) in [6, 6.07) is 17.0. The van der Waals surface area contributed by atoms with Crippen molar-refractivity contribution in [1.29, 1.82) is 5.41 Å². The number of hydrazine groups is 1. The van der Waals surface area contributed by atoms with Gasteiger partial charge in [0.1, 0.15) is 11.6 Å². The summed E-state index contributed by atoms with van der Waals surface area (Å²) in [7, 11) is 3.67. The average Bonchev–Trinajstić information content (AvgIpc) is 3.85. The van der Waals surface area contributed by atoms with Crippen LogP contribution in [0.3, 0.4) is 0 Å². The van der Waals surface area contributed by atoms with Gasteiger partial charge in [0.2, 0.25) is 5.91 Å². The summed E-state index contributed by atoms with van der Waals surface area (Å²) < 4.78 is 5.84. The molecule has 2 N–H and O–H groups in total. The SMILES string of the molecule is CNN(CC1CCN(C(=O)C(C)(C)C)CC1)C(=N)C(c1cccc(OC)c1C1=C[CH]1)C1CCN(c2ccccc2)CC1. The zero-order chi connectivity index (χ0) is 29.9. The van der Waals surface area contributed by atoms with Gasteiger partial charge in [0.25, 0.3) is 0 Å². The number of benzene rings is 2. The van der Waals surface area contributed by atoms with Crippen LogP contribution in [-0.2, 0) is 4.79 Å². The fraction of sp³-hybridized carbons (Fsp3) is 0.514. The molecule has 0 spiro atoms. The molecule has 1 unspecified atom stereocenters. The molecule has 2 aliphatic heterocycles. The van der Waals surface area contributed by atoms with E-state index >= 15 is 0 Å². The Kier molecular flexibility index (Phi) is 9.26. The minimum Gasteiger partial charge on any atom is -0.496 e. The van der Waals surface area contributed by atoms with E-state index in [0.717, 1.165) is 69.7 Å². The summed E-state index contributed by atoms with van der Waals surface area (Å²) in [5.41, 5.74) is 7.83. The maximum absolute atomic E-state index is 12.8. The van der Waals surface area contributed by atoms with Gasteiger partial charge in [0.05, 0.1) is 7.11 Å². The summed E-state index contributed by atoms with van der Waals surface area (Å²) in [5.74, 6) is 2.44. The van der Waals surface area contributed by atoms with Crippen LogP contribution in [0.15, 0.2) is 54.6 Å². The third kappa shape index (κ3) is 6.67. The number of allylic oxidation sites excluding steroid dienone is 2. The molecule has 7 heteroatoms. The number of ether oxygens (including phenoxy) is 1. The molecule has 225 valence electrons. The molecule has 1 amide bonds. The van der Waals surface area contributed by atoms with Gasteiger partial charge in [-0.15, -0.1) is 0 Å². The summed E-state index contributed by atoms with van der Waals surface area (Å²) in [4.78, 5) is 17.3. The molecule has 5 rings (SSSR count). The molecule has 1 radical (unpaired) electrons. The molecule has 2 saturated heterocycles. The van der Waals surface area contributed by atoms with Gasteiger partial charge < -0.3 is 14.5 Å². The largest absolute Gasteiger partial charge is 0.496 e. The Bertz CT molecular complexity index is 1270. The fourth-order valence-electron chi connectivity index (χ4n) is 6.78. The van der Waals surface area contributed by atoms with Crippen LogP contribution < -0.4 is 15.1 Å². The van der Waals surface area contributed by atoms with Crippen molar-refractivity contribution >= 4 is 23.0 Å². The maximum atomic E-state index is 12.8. The number of likely N-dealkylation sites (tertiary alicyclic amines) is 1. The molecule has 0 saturated carbocycles. The van der Waals surface area contributed by atoms with Gasteiger partial charge in [-0.3, -0.25) is 15.2 Å². The number of carbonyl (C=O) groups excluding carboxylic acids is 1. The standard InChI is InChI=1S/C35H48N5O2/c1-35(2,3)34(41)39-20-16-25(17-21-39)24-40(37-4)33(36)32(29-12-9-13-30(42-5)31(29)26-14-15-26)27-18-22-38(23-19-27)28-10-7-6-8-11-28/h6-15,25,27,32,36-37H,16-24H2,1-5H3. The number of piperidine rings is 2. The van der Waals surface area contributed by atoms with E-state index in [1.807, 2.05) is 38.8 Å². The van der Waals surface area contributed by atoms with Crippen LogP contribution in [0.1, 0.15) is 63.5 Å². The predicted molar refractivity (Wildman–Crippen MR) is 172 cm³/mol. The molecule has 7 nitrogen and oxygen atoms in total. The van der Waals surface area contributed by atoms with E-state index in [-0.39, 0.29) is 17.2 Å². The van der Waals surface area contributed by atoms with Gasteiger partial charge >= 0.3 is 0 Å². The van der Waals surface area contributed by atoms with Crippen LogP contribution in [0.5, 0.6) is 5.75 Å². The van der Waals surface area contributed by atoms with E-state index in [2.05, 4.69) is 70.3 Å². The van der Waals surface area contributed by atoms with E-state index in [1.54, 1.807) is 7.11 Å². The van der Waals surface area contributed by atoms with Crippen molar-refractivity contribution < 1.29 is 9.53 Å². The number of carbonyl (C=O) groups is 1. The van der Waals surface area contributed by atoms with Crippen molar-refractivity contribution in [2.45, 2.75) is 52.4 Å². The van der Waals surface area contributed by atoms with Crippen LogP contribution in [0.4, 0.5) is 5.69 Å². The highest BCUT2D eigenvalue weighted by Gasteiger charge is 2.37. The van der Waals surface area contributed by atoms with E-state index < -0.39 is 0 Å². The van der Waals surface area contributed by atoms with Gasteiger partial charge in [0, 0.05) is 68.8 Å². The summed E-state index contributed by atoms with van der Waals surface area (Å²) in [5, 5.41) is 11.8. The van der Waals surface area contributed by atoms with Gasteiger partial charge in [-0.2, -0.15) is 0 Å². The smallest absolute Gasteiger partial charge is 0.227 e. The van der Waals surface area contributed by atoms with Crippen LogP contribution in [-0.4, -0.2) is 68.5 Å². The second kappa shape index (κ2) is 12.9. The van der Waals surface area contributed by atoms with E-state index in [0.29, 0.717) is 17.7 Å². The van der Waals surface area contributed by atoms with Crippen LogP contribution in [0.2, 0.25) is 0 Å². The molecule has 1 aliphatic carbocycles. The Morgan fingerprint density at radius 2 is 1.69 bits per heavy atom. The Morgan fingerprint density at radius 3 is 2.26 bits per heavy atom. The van der Waals surface area contributed by atoms with Crippen molar-refractivity contribution in [1.82, 2.24) is 15.3 Å². The zero-order valence-electron chi connectivity index (χ0n) is 26.0. The highest BCUT2D eigenvalue weighted by molar-refractivity contribution is 5.95. The average molecular weight is 571 g/mol. The number of anilines is 1. The molecule has 0 aromatic heterocycles. The second-order valence-corrected chi connectivity index (χ2v) is 13.1. The van der Waals surface area contributed by atoms with Crippen LogP contribution in [0, 0.1) is 29.1 Å². The Balaban J connectivity index is 1.36. The Labute approximate surface area is 252 Å². The molecule has 0 bridgehead atoms. The van der Waals surface area contributed by atoms with Gasteiger partial charge in [-0.1, -0.05) is 57.2 Å². The third-order valence-electron chi connectivity index (χ3n) is 9.21. The highest BCUT2D eigenvalue weighted by Crippen LogP contribution is 2.45. The van der Waals surface area contributed by atoms with Crippen molar-refractivity contribution in [3.63, 3.8) is 0 Å². The minimum atomic E-state index is -0.349. The zero-order valence-corrected chi connectivity index (χ0v) is 26.0. The van der Waals surface area contributed by atoms with Gasteiger partial charge in [-0.05, 0) is 66.9 Å². The molecule has 3 aliphatic rings. The first-order valence-electron chi connectivity index (χ1n) is 15.6. The summed E-state index contributed by atoms with van der Waals surface area (Å²) in [6.45, 7) is 10.3. The topological polar surface area (TPSA) is 71.9 Å². The number of para-hydroxylation sites is 1. The number of nitrogens with one attached hydrogen (secondary N) is 2. The molecule has 2 heterocycles. The van der Waals surface area contributed by atoms with E-state index in [4.69, 9.17) is 4.74 Å². The van der Waals surface area contributed by atoms with E-state index in [9.17, 15) is 10.2 Å². The van der Waals surface area contributed by atoms with Crippen molar-refractivity contribution in [3.8, 4) is 5.75 Å². The number of amidine groups is 1. The lowest BCUT2D eigenvalue weighted by Crippen LogP contribution is -2.50. The molecule has 2 aromatic carbocycles. The quantitative estimate of drug-likeness (QED) is 0.220. The molecular formula is C35H48N5O2. The molecule has 2 aromatic rings. The number of hydrogen-bond donors (Lipinski definition) is 2. The summed E-state index contributed by atoms with van der Waals surface area (Å²) >= 11 is 0. The van der Waals surface area contributed by atoms with Gasteiger partial charge in [0.15, 0.2) is 0 Å². The first-order valence-corrected chi connectivity index (χ1v) is 15.6. The molecule has 1 atom stereocenters. The molecular weight excluding hydrogens is 522 g/mol. The predicted octanol–water partition coefficient (Wildman–Crippen LogP) is 6.00.